The number of aromatic nitrogens is 1. The van der Waals surface area contributed by atoms with Gasteiger partial charge in [0.1, 0.15) is 11.2 Å². The second-order valence-corrected chi connectivity index (χ2v) is 17.6. The topological polar surface area (TPSA) is 21.3 Å². The average Bonchev–Trinajstić information content (AvgIpc) is 3.95. The number of nitrogens with zero attached hydrogens (tertiary/aromatic N) is 2. The Bertz CT molecular complexity index is 4070. The number of hydrogen-bond acceptors (Lipinski definition) is 2. The minimum Gasteiger partial charge on any atom is -0.455 e. The molecule has 2 aromatic heterocycles. The summed E-state index contributed by atoms with van der Waals surface area (Å²) in [6.45, 7) is 0. The minimum absolute atomic E-state index is 0.889. The van der Waals surface area contributed by atoms with Gasteiger partial charge in [-0.15, -0.1) is 0 Å². The monoisotopic (exact) mass is 852 g/mol. The fourth-order valence-corrected chi connectivity index (χ4v) is 11.0. The molecule has 3 heteroatoms. The third-order valence-electron chi connectivity index (χ3n) is 13.9. The summed E-state index contributed by atoms with van der Waals surface area (Å²) in [6, 6.07) is 88.2. The first-order valence-electron chi connectivity index (χ1n) is 23.0. The van der Waals surface area contributed by atoms with Crippen LogP contribution in [0.3, 0.4) is 0 Å². The smallest absolute Gasteiger partial charge is 0.145 e. The van der Waals surface area contributed by atoms with Crippen LogP contribution in [0.5, 0.6) is 0 Å². The molecule has 0 unspecified atom stereocenters. The lowest BCUT2D eigenvalue weighted by molar-refractivity contribution is 0.674. The highest BCUT2D eigenvalue weighted by molar-refractivity contribution is 6.26. The third kappa shape index (κ3) is 5.71. The largest absolute Gasteiger partial charge is 0.455 e. The fraction of sp³-hybridized carbons (Fsp3) is 0. The number of fused-ring (bicyclic) bond motifs is 18. The van der Waals surface area contributed by atoms with Crippen LogP contribution in [-0.4, -0.2) is 4.57 Å². The van der Waals surface area contributed by atoms with E-state index in [1.54, 1.807) is 0 Å². The van der Waals surface area contributed by atoms with Crippen molar-refractivity contribution in [3.05, 3.63) is 243 Å². The molecule has 2 heterocycles. The third-order valence-corrected chi connectivity index (χ3v) is 13.9. The van der Waals surface area contributed by atoms with Crippen LogP contribution in [0.1, 0.15) is 0 Å². The summed E-state index contributed by atoms with van der Waals surface area (Å²) in [7, 11) is 0. The maximum Gasteiger partial charge on any atom is 0.145 e. The molecule has 1 aliphatic carbocycles. The predicted octanol–water partition coefficient (Wildman–Crippen LogP) is 18.0. The molecule has 0 aliphatic heterocycles. The normalized spacial score (nSPS) is 11.9. The van der Waals surface area contributed by atoms with E-state index in [-0.39, 0.29) is 0 Å². The fourth-order valence-electron chi connectivity index (χ4n) is 11.0. The van der Waals surface area contributed by atoms with Crippen LogP contribution in [-0.2, 0) is 0 Å². The van der Waals surface area contributed by atoms with Gasteiger partial charge in [-0.2, -0.15) is 0 Å². The lowest BCUT2D eigenvalue weighted by Gasteiger charge is -2.29. The van der Waals surface area contributed by atoms with E-state index in [2.05, 4.69) is 252 Å². The van der Waals surface area contributed by atoms with Crippen molar-refractivity contribution >= 4 is 71.6 Å². The molecule has 0 amide bonds. The zero-order valence-corrected chi connectivity index (χ0v) is 36.4. The highest BCUT2D eigenvalue weighted by atomic mass is 16.3. The molecule has 13 aromatic rings. The van der Waals surface area contributed by atoms with Crippen molar-refractivity contribution < 1.29 is 4.42 Å². The molecule has 0 atom stereocenters. The minimum atomic E-state index is 0.889. The zero-order chi connectivity index (χ0) is 44.0. The van der Waals surface area contributed by atoms with Crippen LogP contribution in [0.2, 0.25) is 0 Å². The Balaban J connectivity index is 1.08. The predicted molar refractivity (Wildman–Crippen MR) is 281 cm³/mol. The first-order valence-corrected chi connectivity index (χ1v) is 23.0. The number of anilines is 3. The second-order valence-electron chi connectivity index (χ2n) is 17.6. The van der Waals surface area contributed by atoms with E-state index in [4.69, 9.17) is 4.42 Å². The Morgan fingerprint density at radius 1 is 0.313 bits per heavy atom. The van der Waals surface area contributed by atoms with E-state index in [1.807, 2.05) is 0 Å². The first kappa shape index (κ1) is 37.5. The molecule has 312 valence electrons. The van der Waals surface area contributed by atoms with E-state index >= 15 is 0 Å². The van der Waals surface area contributed by atoms with Gasteiger partial charge in [-0.3, -0.25) is 0 Å². The maximum atomic E-state index is 7.51. The molecule has 0 radical (unpaired) electrons. The Hall–Kier alpha value is -8.92. The van der Waals surface area contributed by atoms with Crippen molar-refractivity contribution in [3.8, 4) is 61.3 Å². The van der Waals surface area contributed by atoms with Gasteiger partial charge < -0.3 is 13.9 Å². The van der Waals surface area contributed by atoms with E-state index in [0.717, 1.165) is 83.4 Å². The van der Waals surface area contributed by atoms with Crippen LogP contribution < -0.4 is 4.90 Å². The Morgan fingerprint density at radius 3 is 1.67 bits per heavy atom. The molecule has 0 N–H and O–H groups in total. The van der Waals surface area contributed by atoms with Gasteiger partial charge in [-0.25, -0.2) is 0 Å². The number of benzene rings is 11. The van der Waals surface area contributed by atoms with Gasteiger partial charge in [0, 0.05) is 44.5 Å². The van der Waals surface area contributed by atoms with E-state index in [0.29, 0.717) is 0 Å². The quantitative estimate of drug-likeness (QED) is 0.172. The van der Waals surface area contributed by atoms with Gasteiger partial charge in [-0.1, -0.05) is 170 Å². The van der Waals surface area contributed by atoms with Crippen LogP contribution >= 0.6 is 0 Å². The molecular formula is C64H40N2O. The van der Waals surface area contributed by atoms with Gasteiger partial charge in [0.2, 0.25) is 0 Å². The SMILES string of the molecule is c1ccc(-c2ccc(N(c3ccccc3)c3ccc4c(c3)-c3c(ccc5ccccc35)-c3ccccc3-c3ccc5c(oc6c5ccc5c6c6ccccc6n5-c5ccccc5)c3-4)cc2)cc1. The summed E-state index contributed by atoms with van der Waals surface area (Å²) in [5.41, 5.74) is 20.1. The lowest BCUT2D eigenvalue weighted by atomic mass is 9.78. The van der Waals surface area contributed by atoms with Crippen molar-refractivity contribution in [2.24, 2.45) is 0 Å². The van der Waals surface area contributed by atoms with Gasteiger partial charge in [0.05, 0.1) is 16.4 Å². The van der Waals surface area contributed by atoms with E-state index < -0.39 is 0 Å². The van der Waals surface area contributed by atoms with Gasteiger partial charge >= 0.3 is 0 Å². The molecule has 1 aliphatic rings. The maximum absolute atomic E-state index is 7.51. The van der Waals surface area contributed by atoms with Crippen LogP contribution in [0.4, 0.5) is 17.1 Å². The number of para-hydroxylation sites is 3. The molecule has 11 aromatic carbocycles. The number of hydrogen-bond donors (Lipinski definition) is 0. The Labute approximate surface area is 387 Å². The summed E-state index contributed by atoms with van der Waals surface area (Å²) in [5.74, 6) is 0. The summed E-state index contributed by atoms with van der Waals surface area (Å²) in [5, 5.41) is 6.91. The molecule has 0 spiro atoms. The van der Waals surface area contributed by atoms with E-state index in [1.165, 1.54) is 49.5 Å². The van der Waals surface area contributed by atoms with Crippen molar-refractivity contribution in [3.63, 3.8) is 0 Å². The second kappa shape index (κ2) is 14.8. The molecule has 0 saturated heterocycles. The average molecular weight is 853 g/mol. The summed E-state index contributed by atoms with van der Waals surface area (Å²) >= 11 is 0. The molecule has 0 saturated carbocycles. The molecule has 14 rings (SSSR count). The molecule has 67 heavy (non-hydrogen) atoms. The van der Waals surface area contributed by atoms with Crippen LogP contribution in [0.25, 0.3) is 116 Å². The standard InChI is InChI=1S/C64H40N2O/c1-4-16-41(17-5-1)42-28-31-46(32-29-42)65(44-19-6-2-7-20-44)47-33-35-53-57(40-47)60-48-23-11-10-18-43(48)30-34-51(60)49-24-12-13-25-50(49)52-36-37-54-55-38-39-59-62(64(55)67-63(54)61(52)53)56-26-14-15-27-58(56)66(59)45-21-8-3-9-22-45/h1-40H. The Morgan fingerprint density at radius 2 is 0.881 bits per heavy atom. The Kier molecular flexibility index (Phi) is 8.28. The first-order chi connectivity index (χ1) is 33.3. The van der Waals surface area contributed by atoms with Crippen molar-refractivity contribution in [1.29, 1.82) is 0 Å². The van der Waals surface area contributed by atoms with Gasteiger partial charge in [-0.05, 0) is 134 Å². The summed E-state index contributed by atoms with van der Waals surface area (Å²) in [4.78, 5) is 2.38. The van der Waals surface area contributed by atoms with Crippen molar-refractivity contribution in [1.82, 2.24) is 4.57 Å². The van der Waals surface area contributed by atoms with Crippen molar-refractivity contribution in [2.75, 3.05) is 4.90 Å². The molecule has 0 bridgehead atoms. The highest BCUT2D eigenvalue weighted by Gasteiger charge is 2.29. The van der Waals surface area contributed by atoms with Gasteiger partial charge in [0.15, 0.2) is 0 Å². The highest BCUT2D eigenvalue weighted by Crippen LogP contribution is 2.54. The van der Waals surface area contributed by atoms with Crippen LogP contribution in [0, 0.1) is 0 Å². The number of rotatable bonds is 5. The zero-order valence-electron chi connectivity index (χ0n) is 36.4. The van der Waals surface area contributed by atoms with Gasteiger partial charge in [0.25, 0.3) is 0 Å². The van der Waals surface area contributed by atoms with Crippen molar-refractivity contribution in [2.45, 2.75) is 0 Å². The molecule has 0 fully saturated rings. The number of furan rings is 1. The van der Waals surface area contributed by atoms with E-state index in [9.17, 15) is 0 Å². The van der Waals surface area contributed by atoms with Crippen LogP contribution in [0.15, 0.2) is 247 Å². The summed E-state index contributed by atoms with van der Waals surface area (Å²) < 4.78 is 9.87. The molecular weight excluding hydrogens is 813 g/mol. The summed E-state index contributed by atoms with van der Waals surface area (Å²) in [6.07, 6.45) is 0. The molecule has 3 nitrogen and oxygen atoms in total. The lowest BCUT2D eigenvalue weighted by Crippen LogP contribution is -2.10.